The predicted octanol–water partition coefficient (Wildman–Crippen LogP) is 3.31. The highest BCUT2D eigenvalue weighted by Crippen LogP contribution is 2.25. The number of Topliss-reactive ketones (excluding diaryl/α,β-unsaturated/α-hetero) is 1. The van der Waals surface area contributed by atoms with Crippen LogP contribution in [0.25, 0.3) is 5.69 Å². The fourth-order valence-electron chi connectivity index (χ4n) is 2.64. The van der Waals surface area contributed by atoms with E-state index in [1.165, 1.54) is 23.1 Å². The predicted molar refractivity (Wildman–Crippen MR) is 114 cm³/mol. The lowest BCUT2D eigenvalue weighted by atomic mass is 10.2. The van der Waals surface area contributed by atoms with Crippen LogP contribution in [0, 0.1) is 6.92 Å². The van der Waals surface area contributed by atoms with Gasteiger partial charge in [0, 0.05) is 23.8 Å². The molecule has 3 aromatic rings. The number of ketones is 1. The van der Waals surface area contributed by atoms with Gasteiger partial charge in [-0.2, -0.15) is 0 Å². The number of thiophene rings is 1. The van der Waals surface area contributed by atoms with E-state index in [0.717, 1.165) is 27.5 Å². The summed E-state index contributed by atoms with van der Waals surface area (Å²) < 4.78 is 26.7. The maximum Gasteiger partial charge on any atom is 0.208 e. The summed E-state index contributed by atoms with van der Waals surface area (Å²) in [5.74, 6) is 0.335. The molecule has 0 unspecified atom stereocenters. The van der Waals surface area contributed by atoms with Crippen molar-refractivity contribution >= 4 is 38.9 Å². The van der Waals surface area contributed by atoms with Crippen molar-refractivity contribution in [2.75, 3.05) is 18.6 Å². The summed E-state index contributed by atoms with van der Waals surface area (Å²) in [6.45, 7) is 2.37. The molecule has 0 fully saturated rings. The van der Waals surface area contributed by atoms with Crippen molar-refractivity contribution in [3.05, 3.63) is 64.1 Å². The van der Waals surface area contributed by atoms with Crippen molar-refractivity contribution in [3.63, 3.8) is 0 Å². The van der Waals surface area contributed by atoms with Gasteiger partial charge in [0.05, 0.1) is 22.6 Å². The van der Waals surface area contributed by atoms with E-state index < -0.39 is 10.0 Å². The Morgan fingerprint density at radius 1 is 1.25 bits per heavy atom. The number of sulfonamides is 1. The lowest BCUT2D eigenvalue weighted by molar-refractivity contribution is 0.102. The second kappa shape index (κ2) is 9.04. The molecule has 9 heteroatoms. The van der Waals surface area contributed by atoms with Gasteiger partial charge in [-0.3, -0.25) is 9.36 Å². The van der Waals surface area contributed by atoms with Crippen LogP contribution >= 0.6 is 23.1 Å². The zero-order chi connectivity index (χ0) is 20.1. The van der Waals surface area contributed by atoms with Crippen molar-refractivity contribution in [2.45, 2.75) is 18.5 Å². The lowest BCUT2D eigenvalue weighted by Crippen LogP contribution is -2.23. The molecule has 0 aliphatic carbocycles. The number of carbonyl (C=O) groups is 1. The number of benzene rings is 1. The summed E-state index contributed by atoms with van der Waals surface area (Å²) in [7, 11) is -3.19. The van der Waals surface area contributed by atoms with E-state index in [4.69, 9.17) is 0 Å². The Morgan fingerprint density at radius 2 is 2.04 bits per heavy atom. The number of imidazole rings is 1. The molecule has 1 aromatic carbocycles. The molecule has 6 nitrogen and oxygen atoms in total. The molecule has 3 rings (SSSR count). The fourth-order valence-corrected chi connectivity index (χ4v) is 4.99. The first kappa shape index (κ1) is 20.8. The van der Waals surface area contributed by atoms with Gasteiger partial charge in [-0.15, -0.1) is 11.3 Å². The molecule has 0 saturated heterocycles. The summed E-state index contributed by atoms with van der Waals surface area (Å²) >= 11 is 2.81. The van der Waals surface area contributed by atoms with E-state index in [1.54, 1.807) is 12.3 Å². The topological polar surface area (TPSA) is 81.1 Å². The van der Waals surface area contributed by atoms with Crippen LogP contribution in [0.5, 0.6) is 0 Å². The molecule has 1 N–H and O–H groups in total. The van der Waals surface area contributed by atoms with E-state index in [0.29, 0.717) is 23.6 Å². The van der Waals surface area contributed by atoms with Gasteiger partial charge in [0.1, 0.15) is 0 Å². The van der Waals surface area contributed by atoms with E-state index in [9.17, 15) is 13.2 Å². The van der Waals surface area contributed by atoms with Crippen LogP contribution in [0.4, 0.5) is 0 Å². The summed E-state index contributed by atoms with van der Waals surface area (Å²) in [6, 6.07) is 11.7. The van der Waals surface area contributed by atoms with Crippen LogP contribution < -0.4 is 4.72 Å². The SMILES string of the molecule is Cc1ccccc1-n1ccnc1SCC(=O)c1ccc(CCNS(C)(=O)=O)s1. The summed E-state index contributed by atoms with van der Waals surface area (Å²) in [5, 5.41) is 0.775. The summed E-state index contributed by atoms with van der Waals surface area (Å²) in [6.07, 6.45) is 5.33. The van der Waals surface area contributed by atoms with E-state index in [1.807, 2.05) is 48.0 Å². The third kappa shape index (κ3) is 5.54. The molecule has 0 atom stereocenters. The number of para-hydroxylation sites is 1. The molecule has 0 amide bonds. The molecule has 0 aliphatic rings. The highest BCUT2D eigenvalue weighted by atomic mass is 32.2. The van der Waals surface area contributed by atoms with Crippen molar-refractivity contribution in [2.24, 2.45) is 0 Å². The average Bonchev–Trinajstić information content (AvgIpc) is 3.28. The van der Waals surface area contributed by atoms with Crippen LogP contribution in [-0.2, 0) is 16.4 Å². The molecule has 0 bridgehead atoms. The number of aryl methyl sites for hydroxylation is 1. The summed E-state index contributed by atoms with van der Waals surface area (Å²) in [4.78, 5) is 18.6. The molecule has 0 spiro atoms. The van der Waals surface area contributed by atoms with Crippen LogP contribution in [0.3, 0.4) is 0 Å². The van der Waals surface area contributed by atoms with Gasteiger partial charge in [-0.1, -0.05) is 30.0 Å². The highest BCUT2D eigenvalue weighted by Gasteiger charge is 2.14. The highest BCUT2D eigenvalue weighted by molar-refractivity contribution is 7.99. The van der Waals surface area contributed by atoms with Gasteiger partial charge < -0.3 is 0 Å². The number of nitrogens with zero attached hydrogens (tertiary/aromatic N) is 2. The first-order valence-electron chi connectivity index (χ1n) is 8.62. The number of rotatable bonds is 9. The molecule has 28 heavy (non-hydrogen) atoms. The minimum absolute atomic E-state index is 0.0386. The van der Waals surface area contributed by atoms with Crippen LogP contribution in [0.1, 0.15) is 20.1 Å². The first-order chi connectivity index (χ1) is 13.3. The minimum atomic E-state index is -3.19. The Labute approximate surface area is 173 Å². The van der Waals surface area contributed by atoms with Crippen molar-refractivity contribution < 1.29 is 13.2 Å². The molecule has 0 saturated carbocycles. The van der Waals surface area contributed by atoms with E-state index in [2.05, 4.69) is 9.71 Å². The molecule has 148 valence electrons. The third-order valence-corrected chi connectivity index (χ3v) is 6.87. The number of nitrogens with one attached hydrogen (secondary N) is 1. The molecular formula is C19H21N3O3S3. The van der Waals surface area contributed by atoms with Gasteiger partial charge in [0.2, 0.25) is 10.0 Å². The Morgan fingerprint density at radius 3 is 2.79 bits per heavy atom. The number of hydrogen-bond acceptors (Lipinski definition) is 6. The van der Waals surface area contributed by atoms with E-state index in [-0.39, 0.29) is 5.78 Å². The number of thioether (sulfide) groups is 1. The van der Waals surface area contributed by atoms with Gasteiger partial charge in [0.25, 0.3) is 0 Å². The molecule has 2 heterocycles. The fraction of sp³-hybridized carbons (Fsp3) is 0.263. The van der Waals surface area contributed by atoms with E-state index >= 15 is 0 Å². The number of hydrogen-bond donors (Lipinski definition) is 1. The molecule has 2 aromatic heterocycles. The van der Waals surface area contributed by atoms with Gasteiger partial charge in [-0.25, -0.2) is 18.1 Å². The zero-order valence-electron chi connectivity index (χ0n) is 15.6. The first-order valence-corrected chi connectivity index (χ1v) is 12.3. The average molecular weight is 436 g/mol. The number of aromatic nitrogens is 2. The van der Waals surface area contributed by atoms with Gasteiger partial charge in [-0.05, 0) is 37.1 Å². The second-order valence-corrected chi connectivity index (χ2v) is 10.2. The van der Waals surface area contributed by atoms with Gasteiger partial charge in [0.15, 0.2) is 10.9 Å². The van der Waals surface area contributed by atoms with Gasteiger partial charge >= 0.3 is 0 Å². The molecular weight excluding hydrogens is 414 g/mol. The van der Waals surface area contributed by atoms with Crippen LogP contribution in [0.15, 0.2) is 53.9 Å². The maximum absolute atomic E-state index is 12.5. The summed E-state index contributed by atoms with van der Waals surface area (Å²) in [5.41, 5.74) is 2.19. The van der Waals surface area contributed by atoms with Crippen molar-refractivity contribution in [3.8, 4) is 5.69 Å². The van der Waals surface area contributed by atoms with Crippen molar-refractivity contribution in [1.29, 1.82) is 0 Å². The maximum atomic E-state index is 12.5. The molecule has 0 aliphatic heterocycles. The van der Waals surface area contributed by atoms with Crippen LogP contribution in [0.2, 0.25) is 0 Å². The minimum Gasteiger partial charge on any atom is -0.295 e. The monoisotopic (exact) mass is 435 g/mol. The largest absolute Gasteiger partial charge is 0.295 e. The normalized spacial score (nSPS) is 11.6. The Balaban J connectivity index is 1.60. The lowest BCUT2D eigenvalue weighted by Gasteiger charge is -2.09. The Bertz CT molecular complexity index is 1070. The number of carbonyl (C=O) groups excluding carboxylic acids is 1. The molecule has 0 radical (unpaired) electrons. The Hall–Kier alpha value is -1.94. The zero-order valence-corrected chi connectivity index (χ0v) is 18.0. The quantitative estimate of drug-likeness (QED) is 0.412. The van der Waals surface area contributed by atoms with Crippen molar-refractivity contribution in [1.82, 2.24) is 14.3 Å². The standard InChI is InChI=1S/C19H21N3O3S3/c1-14-5-3-4-6-16(14)22-12-11-20-19(22)26-13-17(23)18-8-7-15(27-18)9-10-21-28(2,24)25/h3-8,11-12,21H,9-10,13H2,1-2H3. The third-order valence-electron chi connectivity index (χ3n) is 3.99. The smallest absolute Gasteiger partial charge is 0.208 e. The Kier molecular flexibility index (Phi) is 6.71. The van der Waals surface area contributed by atoms with Crippen LogP contribution in [-0.4, -0.2) is 42.3 Å². The second-order valence-electron chi connectivity index (χ2n) is 6.26.